The van der Waals surface area contributed by atoms with Crippen molar-refractivity contribution in [2.24, 2.45) is 5.10 Å². The van der Waals surface area contributed by atoms with Crippen molar-refractivity contribution in [2.75, 3.05) is 26.3 Å². The molecule has 2 aliphatic rings. The molecule has 0 unspecified atom stereocenters. The van der Waals surface area contributed by atoms with E-state index in [2.05, 4.69) is 10.5 Å². The number of hydrogen-bond donors (Lipinski definition) is 1. The molecule has 1 atom stereocenters. The summed E-state index contributed by atoms with van der Waals surface area (Å²) in [6, 6.07) is 7.21. The highest BCUT2D eigenvalue weighted by molar-refractivity contribution is 5.89. The van der Waals surface area contributed by atoms with E-state index in [1.54, 1.807) is 24.0 Å². The van der Waals surface area contributed by atoms with Gasteiger partial charge >= 0.3 is 6.09 Å². The SMILES string of the molecule is CCOC(=O)N1CCC(=NNC(=O)[C@H]2COc3ccccc3O2)CC1. The molecule has 0 spiro atoms. The van der Waals surface area contributed by atoms with Gasteiger partial charge in [0.15, 0.2) is 11.5 Å². The lowest BCUT2D eigenvalue weighted by molar-refractivity contribution is -0.130. The molecule has 8 nitrogen and oxygen atoms in total. The van der Waals surface area contributed by atoms with E-state index in [1.807, 2.05) is 12.1 Å². The molecule has 0 aliphatic carbocycles. The third kappa shape index (κ3) is 4.20. The molecule has 1 N–H and O–H groups in total. The normalized spacial score (nSPS) is 19.2. The van der Waals surface area contributed by atoms with Crippen LogP contribution in [0.15, 0.2) is 29.4 Å². The Morgan fingerprint density at radius 1 is 1.28 bits per heavy atom. The van der Waals surface area contributed by atoms with Crippen LogP contribution in [0.4, 0.5) is 4.79 Å². The Bertz CT molecular complexity index is 666. The number of likely N-dealkylation sites (tertiary alicyclic amines) is 1. The number of hydrazone groups is 1. The Kier molecular flexibility index (Phi) is 5.37. The third-order valence-corrected chi connectivity index (χ3v) is 3.99. The molecule has 0 aromatic heterocycles. The average molecular weight is 347 g/mol. The Morgan fingerprint density at radius 3 is 2.72 bits per heavy atom. The van der Waals surface area contributed by atoms with Crippen molar-refractivity contribution in [3.8, 4) is 11.5 Å². The smallest absolute Gasteiger partial charge is 0.409 e. The van der Waals surface area contributed by atoms with E-state index in [-0.39, 0.29) is 18.6 Å². The van der Waals surface area contributed by atoms with Crippen LogP contribution in [0.25, 0.3) is 0 Å². The highest BCUT2D eigenvalue weighted by Crippen LogP contribution is 2.30. The van der Waals surface area contributed by atoms with Gasteiger partial charge in [0, 0.05) is 31.6 Å². The van der Waals surface area contributed by atoms with Gasteiger partial charge in [-0.15, -0.1) is 0 Å². The Morgan fingerprint density at radius 2 is 2.00 bits per heavy atom. The Balaban J connectivity index is 1.48. The highest BCUT2D eigenvalue weighted by Gasteiger charge is 2.27. The van der Waals surface area contributed by atoms with Crippen molar-refractivity contribution < 1.29 is 23.8 Å². The molecule has 0 bridgehead atoms. The maximum absolute atomic E-state index is 12.2. The molecule has 2 heterocycles. The topological polar surface area (TPSA) is 89.5 Å². The van der Waals surface area contributed by atoms with Crippen molar-refractivity contribution in [1.29, 1.82) is 0 Å². The Labute approximate surface area is 145 Å². The highest BCUT2D eigenvalue weighted by atomic mass is 16.6. The number of amides is 2. The van der Waals surface area contributed by atoms with Crippen LogP contribution >= 0.6 is 0 Å². The van der Waals surface area contributed by atoms with Gasteiger partial charge in [-0.1, -0.05) is 12.1 Å². The lowest BCUT2D eigenvalue weighted by atomic mass is 10.1. The second kappa shape index (κ2) is 7.87. The number of carbonyl (C=O) groups excluding carboxylic acids is 2. The zero-order chi connectivity index (χ0) is 17.6. The summed E-state index contributed by atoms with van der Waals surface area (Å²) in [6.45, 7) is 3.34. The van der Waals surface area contributed by atoms with E-state index in [1.165, 1.54) is 0 Å². The van der Waals surface area contributed by atoms with Crippen LogP contribution in [-0.2, 0) is 9.53 Å². The van der Waals surface area contributed by atoms with E-state index in [4.69, 9.17) is 14.2 Å². The molecule has 1 fully saturated rings. The maximum Gasteiger partial charge on any atom is 0.409 e. The molecule has 2 amide bonds. The fourth-order valence-corrected chi connectivity index (χ4v) is 2.63. The molecule has 134 valence electrons. The number of nitrogens with zero attached hydrogens (tertiary/aromatic N) is 2. The maximum atomic E-state index is 12.2. The number of carbonyl (C=O) groups is 2. The number of para-hydroxylation sites is 2. The molecule has 8 heteroatoms. The molecule has 1 aromatic rings. The number of ether oxygens (including phenoxy) is 3. The van der Waals surface area contributed by atoms with Crippen molar-refractivity contribution in [2.45, 2.75) is 25.9 Å². The predicted octanol–water partition coefficient (Wildman–Crippen LogP) is 1.55. The van der Waals surface area contributed by atoms with Crippen LogP contribution in [0.2, 0.25) is 0 Å². The van der Waals surface area contributed by atoms with E-state index in [0.29, 0.717) is 44.0 Å². The van der Waals surface area contributed by atoms with Gasteiger partial charge in [-0.2, -0.15) is 5.10 Å². The van der Waals surface area contributed by atoms with E-state index in [0.717, 1.165) is 5.71 Å². The van der Waals surface area contributed by atoms with Gasteiger partial charge in [0.05, 0.1) is 6.61 Å². The van der Waals surface area contributed by atoms with E-state index < -0.39 is 6.10 Å². The summed E-state index contributed by atoms with van der Waals surface area (Å²) < 4.78 is 16.1. The summed E-state index contributed by atoms with van der Waals surface area (Å²) in [5, 5.41) is 4.16. The van der Waals surface area contributed by atoms with Crippen molar-refractivity contribution >= 4 is 17.7 Å². The minimum absolute atomic E-state index is 0.143. The number of benzene rings is 1. The van der Waals surface area contributed by atoms with Gasteiger partial charge in [0.25, 0.3) is 5.91 Å². The second-order valence-corrected chi connectivity index (χ2v) is 5.70. The van der Waals surface area contributed by atoms with Crippen LogP contribution in [0.5, 0.6) is 11.5 Å². The molecule has 3 rings (SSSR count). The fourth-order valence-electron chi connectivity index (χ4n) is 2.63. The summed E-state index contributed by atoms with van der Waals surface area (Å²) in [5.74, 6) is 0.823. The lowest BCUT2D eigenvalue weighted by Crippen LogP contribution is -2.43. The summed E-state index contributed by atoms with van der Waals surface area (Å²) in [5.41, 5.74) is 3.37. The van der Waals surface area contributed by atoms with Gasteiger partial charge < -0.3 is 19.1 Å². The van der Waals surface area contributed by atoms with Crippen molar-refractivity contribution in [3.05, 3.63) is 24.3 Å². The molecule has 0 radical (unpaired) electrons. The molecular formula is C17H21N3O5. The fraction of sp³-hybridized carbons (Fsp3) is 0.471. The predicted molar refractivity (Wildman–Crippen MR) is 89.8 cm³/mol. The minimum Gasteiger partial charge on any atom is -0.485 e. The van der Waals surface area contributed by atoms with Gasteiger partial charge in [-0.3, -0.25) is 4.79 Å². The third-order valence-electron chi connectivity index (χ3n) is 3.99. The number of hydrogen-bond acceptors (Lipinski definition) is 6. The van der Waals surface area contributed by atoms with Crippen LogP contribution in [0.3, 0.4) is 0 Å². The van der Waals surface area contributed by atoms with Gasteiger partial charge in [-0.05, 0) is 19.1 Å². The minimum atomic E-state index is -0.737. The Hall–Kier alpha value is -2.77. The zero-order valence-corrected chi connectivity index (χ0v) is 14.1. The summed E-state index contributed by atoms with van der Waals surface area (Å²) in [6.07, 6.45) is 0.157. The quantitative estimate of drug-likeness (QED) is 0.838. The van der Waals surface area contributed by atoms with E-state index >= 15 is 0 Å². The molecule has 1 saturated heterocycles. The monoisotopic (exact) mass is 347 g/mol. The average Bonchev–Trinajstić information content (AvgIpc) is 2.66. The summed E-state index contributed by atoms with van der Waals surface area (Å²) >= 11 is 0. The first kappa shape index (κ1) is 17.1. The van der Waals surface area contributed by atoms with Crippen molar-refractivity contribution in [3.63, 3.8) is 0 Å². The molecular weight excluding hydrogens is 326 g/mol. The van der Waals surface area contributed by atoms with Crippen LogP contribution in [-0.4, -0.2) is 55.0 Å². The first-order valence-corrected chi connectivity index (χ1v) is 8.33. The molecule has 25 heavy (non-hydrogen) atoms. The van der Waals surface area contributed by atoms with Gasteiger partial charge in [-0.25, -0.2) is 10.2 Å². The van der Waals surface area contributed by atoms with Crippen molar-refractivity contribution in [1.82, 2.24) is 10.3 Å². The van der Waals surface area contributed by atoms with Crippen LogP contribution in [0, 0.1) is 0 Å². The number of piperidine rings is 1. The second-order valence-electron chi connectivity index (χ2n) is 5.70. The van der Waals surface area contributed by atoms with E-state index in [9.17, 15) is 9.59 Å². The summed E-state index contributed by atoms with van der Waals surface area (Å²) in [4.78, 5) is 25.5. The number of nitrogens with one attached hydrogen (secondary N) is 1. The first-order chi connectivity index (χ1) is 12.2. The number of rotatable bonds is 3. The molecule has 0 saturated carbocycles. The molecule has 1 aromatic carbocycles. The van der Waals surface area contributed by atoms with Gasteiger partial charge in [0.2, 0.25) is 6.10 Å². The largest absolute Gasteiger partial charge is 0.485 e. The first-order valence-electron chi connectivity index (χ1n) is 8.33. The van der Waals surface area contributed by atoms with Crippen LogP contribution in [0.1, 0.15) is 19.8 Å². The number of fused-ring (bicyclic) bond motifs is 1. The lowest BCUT2D eigenvalue weighted by Gasteiger charge is -2.27. The summed E-state index contributed by atoms with van der Waals surface area (Å²) in [7, 11) is 0. The molecule has 2 aliphatic heterocycles. The standard InChI is InChI=1S/C17H21N3O5/c1-2-23-17(22)20-9-7-12(8-10-20)18-19-16(21)15-11-24-13-5-3-4-6-14(13)25-15/h3-6,15H,2,7-11H2,1H3,(H,19,21)/t15-/m1/s1. The van der Waals surface area contributed by atoms with Crippen LogP contribution < -0.4 is 14.9 Å². The zero-order valence-electron chi connectivity index (χ0n) is 14.1. The van der Waals surface area contributed by atoms with Gasteiger partial charge in [0.1, 0.15) is 6.61 Å².